The Bertz CT molecular complexity index is 613. The summed E-state index contributed by atoms with van der Waals surface area (Å²) in [5.41, 5.74) is 0.691. The molecule has 1 fully saturated rings. The molecule has 2 aromatic heterocycles. The first kappa shape index (κ1) is 12.4. The predicted molar refractivity (Wildman–Crippen MR) is 72.6 cm³/mol. The number of amides is 1. The van der Waals surface area contributed by atoms with Crippen LogP contribution in [0, 0.1) is 0 Å². The summed E-state index contributed by atoms with van der Waals surface area (Å²) in [5.74, 6) is 0.651. The molecule has 0 atom stereocenters. The van der Waals surface area contributed by atoms with Crippen LogP contribution < -0.4 is 5.32 Å². The van der Waals surface area contributed by atoms with Gasteiger partial charge in [-0.2, -0.15) is 0 Å². The van der Waals surface area contributed by atoms with Crippen molar-refractivity contribution in [2.24, 2.45) is 7.05 Å². The summed E-state index contributed by atoms with van der Waals surface area (Å²) in [6.07, 6.45) is 5.87. The highest BCUT2D eigenvalue weighted by atomic mass is 79.9. The van der Waals surface area contributed by atoms with Crippen LogP contribution in [0.25, 0.3) is 0 Å². The molecule has 0 spiro atoms. The topological polar surface area (TPSA) is 64.7 Å². The van der Waals surface area contributed by atoms with Crippen LogP contribution in [-0.4, -0.2) is 25.2 Å². The van der Waals surface area contributed by atoms with Crippen molar-refractivity contribution in [3.63, 3.8) is 0 Å². The second-order valence-electron chi connectivity index (χ2n) is 4.72. The van der Waals surface area contributed by atoms with Crippen molar-refractivity contribution in [3.8, 4) is 0 Å². The summed E-state index contributed by atoms with van der Waals surface area (Å²) in [6.45, 7) is 0.378. The Morgan fingerprint density at radius 3 is 3.00 bits per heavy atom. The molecule has 3 rings (SSSR count). The van der Waals surface area contributed by atoms with Gasteiger partial charge < -0.3 is 14.5 Å². The summed E-state index contributed by atoms with van der Waals surface area (Å²) in [5, 5.41) is 10.6. The Hall–Kier alpha value is -1.63. The van der Waals surface area contributed by atoms with Gasteiger partial charge in [-0.3, -0.25) is 4.79 Å². The van der Waals surface area contributed by atoms with Crippen LogP contribution in [-0.2, 0) is 13.6 Å². The lowest BCUT2D eigenvalue weighted by molar-refractivity contribution is 0.0940. The van der Waals surface area contributed by atoms with E-state index < -0.39 is 0 Å². The largest absolute Gasteiger partial charge is 0.343 e. The van der Waals surface area contributed by atoms with Crippen LogP contribution in [0.3, 0.4) is 0 Å². The van der Waals surface area contributed by atoms with Crippen LogP contribution in [0.4, 0.5) is 0 Å². The lowest BCUT2D eigenvalue weighted by atomic mass is 10.4. The molecule has 1 amide bonds. The second kappa shape index (κ2) is 4.80. The smallest absolute Gasteiger partial charge is 0.268 e. The molecule has 0 aromatic carbocycles. The number of hydrogen-bond donors (Lipinski definition) is 1. The number of aryl methyl sites for hydroxylation is 1. The molecule has 0 saturated heterocycles. The number of nitrogens with one attached hydrogen (secondary N) is 1. The van der Waals surface area contributed by atoms with E-state index in [0.717, 1.165) is 23.1 Å². The van der Waals surface area contributed by atoms with Crippen molar-refractivity contribution < 1.29 is 4.79 Å². The van der Waals surface area contributed by atoms with Gasteiger partial charge in [0.2, 0.25) is 0 Å². The first-order chi connectivity index (χ1) is 9.15. The van der Waals surface area contributed by atoms with Gasteiger partial charge in [0.15, 0.2) is 5.82 Å². The maximum absolute atomic E-state index is 12.2. The van der Waals surface area contributed by atoms with Gasteiger partial charge in [0.25, 0.3) is 5.91 Å². The predicted octanol–water partition coefficient (Wildman–Crippen LogP) is 1.64. The van der Waals surface area contributed by atoms with Gasteiger partial charge in [0.05, 0.1) is 6.54 Å². The maximum atomic E-state index is 12.2. The number of aromatic nitrogens is 4. The van der Waals surface area contributed by atoms with E-state index in [9.17, 15) is 4.79 Å². The molecule has 1 N–H and O–H groups in total. The average Bonchev–Trinajstić information content (AvgIpc) is 3.04. The third-order valence-corrected chi connectivity index (χ3v) is 3.63. The molecular weight excluding hydrogens is 310 g/mol. The SMILES string of the molecule is Cn1cnnc1CNC(=O)c1cc(Br)cn1C1CC1. The molecule has 0 radical (unpaired) electrons. The van der Waals surface area contributed by atoms with Gasteiger partial charge in [-0.25, -0.2) is 0 Å². The molecule has 1 aliphatic carbocycles. The molecule has 100 valence electrons. The van der Waals surface area contributed by atoms with Crippen molar-refractivity contribution in [3.05, 3.63) is 34.6 Å². The highest BCUT2D eigenvalue weighted by Crippen LogP contribution is 2.37. The number of rotatable bonds is 4. The Labute approximate surface area is 118 Å². The van der Waals surface area contributed by atoms with Crippen molar-refractivity contribution in [2.45, 2.75) is 25.4 Å². The molecular formula is C12H14BrN5O. The fourth-order valence-electron chi connectivity index (χ4n) is 2.00. The average molecular weight is 324 g/mol. The van der Waals surface area contributed by atoms with Gasteiger partial charge in [0, 0.05) is 23.8 Å². The minimum absolute atomic E-state index is 0.0828. The highest BCUT2D eigenvalue weighted by molar-refractivity contribution is 9.10. The lowest BCUT2D eigenvalue weighted by Gasteiger charge is -2.08. The second-order valence-corrected chi connectivity index (χ2v) is 5.64. The van der Waals surface area contributed by atoms with E-state index in [1.54, 1.807) is 10.9 Å². The van der Waals surface area contributed by atoms with E-state index in [-0.39, 0.29) is 5.91 Å². The zero-order valence-electron chi connectivity index (χ0n) is 10.5. The molecule has 2 aromatic rings. The van der Waals surface area contributed by atoms with Gasteiger partial charge in [0.1, 0.15) is 12.0 Å². The van der Waals surface area contributed by atoms with Crippen LogP contribution in [0.1, 0.15) is 35.2 Å². The standard InChI is InChI=1S/C12H14BrN5O/c1-17-7-15-16-11(17)5-14-12(19)10-4-8(13)6-18(10)9-2-3-9/h4,6-7,9H,2-3,5H2,1H3,(H,14,19). The normalized spacial score (nSPS) is 14.6. The molecule has 19 heavy (non-hydrogen) atoms. The fraction of sp³-hybridized carbons (Fsp3) is 0.417. The molecule has 0 unspecified atom stereocenters. The van der Waals surface area contributed by atoms with Gasteiger partial charge in [-0.1, -0.05) is 0 Å². The molecule has 1 aliphatic rings. The zero-order chi connectivity index (χ0) is 13.4. The Morgan fingerprint density at radius 2 is 2.37 bits per heavy atom. The van der Waals surface area contributed by atoms with Gasteiger partial charge in [-0.05, 0) is 34.8 Å². The summed E-state index contributed by atoms with van der Waals surface area (Å²) in [7, 11) is 1.85. The molecule has 2 heterocycles. The third kappa shape index (κ3) is 2.56. The van der Waals surface area contributed by atoms with E-state index in [0.29, 0.717) is 18.3 Å². The van der Waals surface area contributed by atoms with E-state index in [1.807, 2.05) is 23.9 Å². The molecule has 0 aliphatic heterocycles. The number of halogens is 1. The highest BCUT2D eigenvalue weighted by Gasteiger charge is 2.27. The first-order valence-electron chi connectivity index (χ1n) is 6.13. The first-order valence-corrected chi connectivity index (χ1v) is 6.93. The molecule has 7 heteroatoms. The summed E-state index contributed by atoms with van der Waals surface area (Å²) in [6, 6.07) is 2.33. The van der Waals surface area contributed by atoms with Crippen molar-refractivity contribution in [1.82, 2.24) is 24.6 Å². The van der Waals surface area contributed by atoms with Crippen molar-refractivity contribution >= 4 is 21.8 Å². The third-order valence-electron chi connectivity index (χ3n) is 3.20. The van der Waals surface area contributed by atoms with Crippen LogP contribution >= 0.6 is 15.9 Å². The Kier molecular flexibility index (Phi) is 3.14. The molecule has 6 nitrogen and oxygen atoms in total. The van der Waals surface area contributed by atoms with Gasteiger partial charge in [-0.15, -0.1) is 10.2 Å². The van der Waals surface area contributed by atoms with E-state index >= 15 is 0 Å². The summed E-state index contributed by atoms with van der Waals surface area (Å²) < 4.78 is 4.76. The van der Waals surface area contributed by atoms with Crippen molar-refractivity contribution in [2.75, 3.05) is 0 Å². The Morgan fingerprint density at radius 1 is 1.58 bits per heavy atom. The maximum Gasteiger partial charge on any atom is 0.268 e. The molecule has 1 saturated carbocycles. The number of nitrogens with zero attached hydrogens (tertiary/aromatic N) is 4. The van der Waals surface area contributed by atoms with E-state index in [2.05, 4.69) is 31.4 Å². The number of carbonyl (C=O) groups is 1. The van der Waals surface area contributed by atoms with E-state index in [4.69, 9.17) is 0 Å². The van der Waals surface area contributed by atoms with Crippen LogP contribution in [0.5, 0.6) is 0 Å². The molecule has 0 bridgehead atoms. The lowest BCUT2D eigenvalue weighted by Crippen LogP contribution is -2.26. The summed E-state index contributed by atoms with van der Waals surface area (Å²) in [4.78, 5) is 12.2. The van der Waals surface area contributed by atoms with Crippen LogP contribution in [0.15, 0.2) is 23.1 Å². The number of carbonyl (C=O) groups excluding carboxylic acids is 1. The summed E-state index contributed by atoms with van der Waals surface area (Å²) >= 11 is 3.42. The Balaban J connectivity index is 1.72. The van der Waals surface area contributed by atoms with Crippen LogP contribution in [0.2, 0.25) is 0 Å². The van der Waals surface area contributed by atoms with E-state index in [1.165, 1.54) is 0 Å². The van der Waals surface area contributed by atoms with Gasteiger partial charge >= 0.3 is 0 Å². The fourth-order valence-corrected chi connectivity index (χ4v) is 2.44. The monoisotopic (exact) mass is 323 g/mol. The number of hydrogen-bond acceptors (Lipinski definition) is 3. The van der Waals surface area contributed by atoms with Crippen molar-refractivity contribution in [1.29, 1.82) is 0 Å². The minimum Gasteiger partial charge on any atom is -0.343 e. The quantitative estimate of drug-likeness (QED) is 0.930. The zero-order valence-corrected chi connectivity index (χ0v) is 12.1. The minimum atomic E-state index is -0.0828.